The summed E-state index contributed by atoms with van der Waals surface area (Å²) in [7, 11) is 0. The average molecular weight is 524 g/mol. The number of morpholine rings is 1. The van der Waals surface area contributed by atoms with Gasteiger partial charge in [-0.05, 0) is 56.1 Å². The van der Waals surface area contributed by atoms with Crippen molar-refractivity contribution in [2.45, 2.75) is 63.0 Å². The number of fused-ring (bicyclic) bond motifs is 3. The van der Waals surface area contributed by atoms with Crippen molar-refractivity contribution in [3.8, 4) is 5.75 Å². The SMILES string of the molecule is NC(=O)C[C@H]1CCc2sc3nc(Nc4cccc(=O)[nH]4)cc(O[C@H]4CC[C@H](N5CCOCC5)CC4)c3c21. The second kappa shape index (κ2) is 10.4. The molecule has 0 aromatic carbocycles. The Kier molecular flexibility index (Phi) is 6.88. The highest BCUT2D eigenvalue weighted by molar-refractivity contribution is 7.19. The van der Waals surface area contributed by atoms with Crippen LogP contribution >= 0.6 is 11.3 Å². The number of thiophene rings is 1. The lowest BCUT2D eigenvalue weighted by Crippen LogP contribution is -2.46. The highest BCUT2D eigenvalue weighted by Crippen LogP contribution is 2.49. The van der Waals surface area contributed by atoms with Gasteiger partial charge in [-0.1, -0.05) is 6.07 Å². The van der Waals surface area contributed by atoms with Gasteiger partial charge in [0.05, 0.1) is 24.7 Å². The fourth-order valence-electron chi connectivity index (χ4n) is 6.11. The van der Waals surface area contributed by atoms with E-state index in [0.29, 0.717) is 24.1 Å². The predicted octanol–water partition coefficient (Wildman–Crippen LogP) is 3.66. The molecule has 6 rings (SSSR count). The normalized spacial score (nSPS) is 24.2. The van der Waals surface area contributed by atoms with Crippen molar-refractivity contribution in [3.05, 3.63) is 45.1 Å². The molecule has 2 fully saturated rings. The van der Waals surface area contributed by atoms with Crippen LogP contribution in [-0.2, 0) is 16.0 Å². The summed E-state index contributed by atoms with van der Waals surface area (Å²) < 4.78 is 12.3. The Balaban J connectivity index is 1.29. The van der Waals surface area contributed by atoms with Crippen LogP contribution in [0.25, 0.3) is 10.2 Å². The third-order valence-electron chi connectivity index (χ3n) is 7.85. The number of aromatic amines is 1. The molecular weight excluding hydrogens is 490 g/mol. The number of nitrogens with zero attached hydrogens (tertiary/aromatic N) is 2. The zero-order valence-electron chi connectivity index (χ0n) is 20.8. The van der Waals surface area contributed by atoms with Gasteiger partial charge in [0.1, 0.15) is 22.2 Å². The van der Waals surface area contributed by atoms with Gasteiger partial charge >= 0.3 is 0 Å². The van der Waals surface area contributed by atoms with Crippen molar-refractivity contribution in [2.24, 2.45) is 5.73 Å². The smallest absolute Gasteiger partial charge is 0.249 e. The molecule has 3 aromatic rings. The Bertz CT molecular complexity index is 1340. The standard InChI is InChI=1S/C27H33N5O4S/c28-21(33)14-16-4-9-20-25(16)26-19(36-18-7-5-17(6-8-18)32-10-12-35-13-11-32)15-23(31-27(26)37-20)29-22-2-1-3-24(34)30-22/h1-3,15-18H,4-14H2,(H2,28,33)(H2,29,30,31,34)/t16-,17-,18-/m1/s1. The van der Waals surface area contributed by atoms with E-state index in [1.807, 2.05) is 6.07 Å². The maximum atomic E-state index is 11.8. The van der Waals surface area contributed by atoms with Crippen molar-refractivity contribution in [1.82, 2.24) is 14.9 Å². The first kappa shape index (κ1) is 24.4. The molecule has 0 spiro atoms. The molecule has 1 amide bonds. The van der Waals surface area contributed by atoms with Crippen LogP contribution in [0.3, 0.4) is 0 Å². The van der Waals surface area contributed by atoms with Crippen LogP contribution < -0.4 is 21.3 Å². The number of primary amides is 1. The minimum absolute atomic E-state index is 0.103. The van der Waals surface area contributed by atoms with E-state index < -0.39 is 0 Å². The van der Waals surface area contributed by atoms with Crippen LogP contribution in [0.15, 0.2) is 29.1 Å². The lowest BCUT2D eigenvalue weighted by Gasteiger charge is -2.38. The van der Waals surface area contributed by atoms with Crippen molar-refractivity contribution < 1.29 is 14.3 Å². The fraction of sp³-hybridized carbons (Fsp3) is 0.519. The van der Waals surface area contributed by atoms with E-state index in [9.17, 15) is 9.59 Å². The molecule has 1 atom stereocenters. The number of carbonyl (C=O) groups excluding carboxylic acids is 1. The van der Waals surface area contributed by atoms with Gasteiger partial charge < -0.3 is 25.5 Å². The zero-order chi connectivity index (χ0) is 25.4. The third kappa shape index (κ3) is 5.23. The molecule has 1 saturated carbocycles. The molecule has 0 bridgehead atoms. The summed E-state index contributed by atoms with van der Waals surface area (Å²) in [6.07, 6.45) is 6.54. The van der Waals surface area contributed by atoms with E-state index in [1.165, 1.54) is 16.5 Å². The molecule has 1 aliphatic heterocycles. The van der Waals surface area contributed by atoms with E-state index in [1.54, 1.807) is 23.5 Å². The van der Waals surface area contributed by atoms with E-state index in [4.69, 9.17) is 20.2 Å². The van der Waals surface area contributed by atoms with Gasteiger partial charge in [0.25, 0.3) is 0 Å². The van der Waals surface area contributed by atoms with Crippen molar-refractivity contribution in [2.75, 3.05) is 31.6 Å². The van der Waals surface area contributed by atoms with Gasteiger partial charge in [-0.2, -0.15) is 0 Å². The van der Waals surface area contributed by atoms with Gasteiger partial charge in [0.15, 0.2) is 0 Å². The Labute approximate surface area is 219 Å². The van der Waals surface area contributed by atoms with Gasteiger partial charge in [-0.25, -0.2) is 4.98 Å². The number of anilines is 2. The van der Waals surface area contributed by atoms with Crippen LogP contribution in [0.5, 0.6) is 5.75 Å². The minimum Gasteiger partial charge on any atom is -0.490 e. The second-order valence-corrected chi connectivity index (χ2v) is 11.4. The van der Waals surface area contributed by atoms with Gasteiger partial charge in [-0.15, -0.1) is 11.3 Å². The van der Waals surface area contributed by atoms with Crippen LogP contribution in [-0.4, -0.2) is 59.2 Å². The maximum Gasteiger partial charge on any atom is 0.249 e. The van der Waals surface area contributed by atoms with Gasteiger partial charge in [0, 0.05) is 42.6 Å². The lowest BCUT2D eigenvalue weighted by atomic mass is 9.91. The van der Waals surface area contributed by atoms with E-state index in [2.05, 4.69) is 15.2 Å². The number of pyridine rings is 2. The third-order valence-corrected chi connectivity index (χ3v) is 9.01. The Hall–Kier alpha value is -2.95. The molecule has 4 N–H and O–H groups in total. The second-order valence-electron chi connectivity index (χ2n) is 10.3. The lowest BCUT2D eigenvalue weighted by molar-refractivity contribution is -0.118. The van der Waals surface area contributed by atoms with E-state index in [0.717, 1.165) is 80.8 Å². The fourth-order valence-corrected chi connectivity index (χ4v) is 7.40. The van der Waals surface area contributed by atoms with Crippen molar-refractivity contribution in [3.63, 3.8) is 0 Å². The molecule has 4 heterocycles. The molecule has 10 heteroatoms. The summed E-state index contributed by atoms with van der Waals surface area (Å²) in [5, 5.41) is 4.26. The molecule has 3 aromatic heterocycles. The Morgan fingerprint density at radius 3 is 2.78 bits per heavy atom. The van der Waals surface area contributed by atoms with E-state index in [-0.39, 0.29) is 23.5 Å². The number of nitrogens with one attached hydrogen (secondary N) is 2. The molecule has 0 unspecified atom stereocenters. The number of ether oxygens (including phenoxy) is 2. The number of aromatic nitrogens is 2. The van der Waals surface area contributed by atoms with Crippen molar-refractivity contribution in [1.29, 1.82) is 0 Å². The molecule has 3 aliphatic rings. The van der Waals surface area contributed by atoms with E-state index >= 15 is 0 Å². The van der Waals surface area contributed by atoms with Gasteiger partial charge in [0.2, 0.25) is 11.5 Å². The largest absolute Gasteiger partial charge is 0.490 e. The molecule has 37 heavy (non-hydrogen) atoms. The number of hydrogen-bond donors (Lipinski definition) is 3. The molecule has 1 saturated heterocycles. The predicted molar refractivity (Wildman–Crippen MR) is 144 cm³/mol. The first-order valence-electron chi connectivity index (χ1n) is 13.2. The first-order chi connectivity index (χ1) is 18.0. The summed E-state index contributed by atoms with van der Waals surface area (Å²) in [5.74, 6) is 1.83. The molecule has 9 nitrogen and oxygen atoms in total. The Morgan fingerprint density at radius 2 is 2.03 bits per heavy atom. The highest BCUT2D eigenvalue weighted by Gasteiger charge is 2.33. The number of rotatable bonds is 7. The van der Waals surface area contributed by atoms with Crippen LogP contribution in [0.4, 0.5) is 11.6 Å². The van der Waals surface area contributed by atoms with Crippen molar-refractivity contribution >= 4 is 39.1 Å². The zero-order valence-corrected chi connectivity index (χ0v) is 21.6. The topological polar surface area (TPSA) is 123 Å². The monoisotopic (exact) mass is 523 g/mol. The number of hydrogen-bond acceptors (Lipinski definition) is 8. The average Bonchev–Trinajstić information content (AvgIpc) is 3.44. The quantitative estimate of drug-likeness (QED) is 0.432. The number of amides is 1. The summed E-state index contributed by atoms with van der Waals surface area (Å²) in [5.41, 5.74) is 6.60. The number of carbonyl (C=O) groups is 1. The van der Waals surface area contributed by atoms with Crippen LogP contribution in [0.1, 0.15) is 54.9 Å². The summed E-state index contributed by atoms with van der Waals surface area (Å²) in [6.45, 7) is 3.67. The highest BCUT2D eigenvalue weighted by atomic mass is 32.1. The number of nitrogens with two attached hydrogens (primary N) is 1. The first-order valence-corrected chi connectivity index (χ1v) is 14.0. The molecule has 0 radical (unpaired) electrons. The Morgan fingerprint density at radius 1 is 1.22 bits per heavy atom. The summed E-state index contributed by atoms with van der Waals surface area (Å²) in [4.78, 5) is 36.0. The molecule has 196 valence electrons. The number of H-pyrrole nitrogens is 1. The van der Waals surface area contributed by atoms with Crippen LogP contribution in [0, 0.1) is 0 Å². The number of aryl methyl sites for hydroxylation is 1. The minimum atomic E-state index is -0.277. The van der Waals surface area contributed by atoms with Crippen LogP contribution in [0.2, 0.25) is 0 Å². The summed E-state index contributed by atoms with van der Waals surface area (Å²) >= 11 is 1.67. The molecular formula is C27H33N5O4S. The maximum absolute atomic E-state index is 11.8. The van der Waals surface area contributed by atoms with Gasteiger partial charge in [-0.3, -0.25) is 14.5 Å². The summed E-state index contributed by atoms with van der Waals surface area (Å²) in [6, 6.07) is 7.52. The molecule has 2 aliphatic carbocycles.